The summed E-state index contributed by atoms with van der Waals surface area (Å²) < 4.78 is 6.33. The molecule has 0 aliphatic heterocycles. The van der Waals surface area contributed by atoms with Crippen LogP contribution in [0.25, 0.3) is 22.4 Å². The van der Waals surface area contributed by atoms with Crippen molar-refractivity contribution in [1.29, 1.82) is 0 Å². The summed E-state index contributed by atoms with van der Waals surface area (Å²) in [5.74, 6) is 0.924. The Morgan fingerprint density at radius 1 is 1.18 bits per heavy atom. The van der Waals surface area contributed by atoms with Gasteiger partial charge in [-0.15, -0.1) is 0 Å². The highest BCUT2D eigenvalue weighted by Crippen LogP contribution is 2.29. The van der Waals surface area contributed by atoms with E-state index < -0.39 is 0 Å². The van der Waals surface area contributed by atoms with Gasteiger partial charge < -0.3 is 10.2 Å². The van der Waals surface area contributed by atoms with Crippen LogP contribution in [0.15, 0.2) is 45.5 Å². The fourth-order valence-corrected chi connectivity index (χ4v) is 2.08. The molecule has 2 aromatic heterocycles. The molecule has 0 amide bonds. The zero-order valence-corrected chi connectivity index (χ0v) is 10.3. The Hall–Kier alpha value is -1.88. The van der Waals surface area contributed by atoms with Crippen LogP contribution in [0.4, 0.5) is 5.95 Å². The lowest BCUT2D eigenvalue weighted by Crippen LogP contribution is -1.97. The first-order chi connectivity index (χ1) is 8.24. The van der Waals surface area contributed by atoms with Crippen LogP contribution >= 0.6 is 15.9 Å². The summed E-state index contributed by atoms with van der Waals surface area (Å²) in [6.07, 6.45) is 1.61. The van der Waals surface area contributed by atoms with Gasteiger partial charge in [0, 0.05) is 9.86 Å². The predicted octanol–water partition coefficient (Wildman–Crippen LogP) is 3.23. The predicted molar refractivity (Wildman–Crippen MR) is 69.4 cm³/mol. The minimum atomic E-state index is 0.242. The van der Waals surface area contributed by atoms with Crippen LogP contribution in [0.1, 0.15) is 0 Å². The van der Waals surface area contributed by atoms with Crippen molar-refractivity contribution >= 4 is 32.8 Å². The smallest absolute Gasteiger partial charge is 0.221 e. The van der Waals surface area contributed by atoms with Crippen molar-refractivity contribution in [1.82, 2.24) is 9.97 Å². The number of halogens is 1. The molecule has 4 nitrogen and oxygen atoms in total. The quantitative estimate of drug-likeness (QED) is 0.747. The SMILES string of the molecule is Nc1nc(-c2ccco2)c2cc(Br)ccc2n1. The van der Waals surface area contributed by atoms with E-state index in [0.717, 1.165) is 15.4 Å². The van der Waals surface area contributed by atoms with Gasteiger partial charge in [-0.25, -0.2) is 9.97 Å². The summed E-state index contributed by atoms with van der Waals surface area (Å²) in [4.78, 5) is 8.43. The Labute approximate surface area is 106 Å². The lowest BCUT2D eigenvalue weighted by atomic mass is 10.1. The maximum atomic E-state index is 5.69. The van der Waals surface area contributed by atoms with Crippen LogP contribution in [-0.4, -0.2) is 9.97 Å². The molecule has 2 heterocycles. The monoisotopic (exact) mass is 289 g/mol. The number of nitrogen functional groups attached to an aromatic ring is 1. The Kier molecular flexibility index (Phi) is 2.33. The Balaban J connectivity index is 2.39. The van der Waals surface area contributed by atoms with Crippen molar-refractivity contribution < 1.29 is 4.42 Å². The number of aromatic nitrogens is 2. The largest absolute Gasteiger partial charge is 0.463 e. The maximum Gasteiger partial charge on any atom is 0.221 e. The molecule has 5 heteroatoms. The first kappa shape index (κ1) is 10.3. The minimum Gasteiger partial charge on any atom is -0.463 e. The number of fused-ring (bicyclic) bond motifs is 1. The van der Waals surface area contributed by atoms with Gasteiger partial charge in [-0.2, -0.15) is 0 Å². The van der Waals surface area contributed by atoms with Gasteiger partial charge in [0.05, 0.1) is 11.8 Å². The summed E-state index contributed by atoms with van der Waals surface area (Å²) in [6, 6.07) is 9.43. The summed E-state index contributed by atoms with van der Waals surface area (Å²) in [5, 5.41) is 0.906. The van der Waals surface area contributed by atoms with Gasteiger partial charge in [0.15, 0.2) is 5.76 Å². The molecule has 0 bridgehead atoms. The number of anilines is 1. The van der Waals surface area contributed by atoms with E-state index in [0.29, 0.717) is 11.5 Å². The van der Waals surface area contributed by atoms with E-state index in [9.17, 15) is 0 Å². The van der Waals surface area contributed by atoms with E-state index in [1.165, 1.54) is 0 Å². The van der Waals surface area contributed by atoms with Crippen LogP contribution in [0, 0.1) is 0 Å². The number of hydrogen-bond donors (Lipinski definition) is 1. The number of nitrogens with two attached hydrogens (primary N) is 1. The van der Waals surface area contributed by atoms with Gasteiger partial charge in [-0.1, -0.05) is 15.9 Å². The standard InChI is InChI=1S/C12H8BrN3O/c13-7-3-4-9-8(6-7)11(16-12(14)15-9)10-2-1-5-17-10/h1-6H,(H2,14,15,16). The molecule has 0 aliphatic carbocycles. The Morgan fingerprint density at radius 3 is 2.82 bits per heavy atom. The summed E-state index contributed by atoms with van der Waals surface area (Å²) >= 11 is 3.43. The van der Waals surface area contributed by atoms with Crippen molar-refractivity contribution in [3.8, 4) is 11.5 Å². The molecule has 17 heavy (non-hydrogen) atoms. The van der Waals surface area contributed by atoms with Crippen LogP contribution in [-0.2, 0) is 0 Å². The molecule has 0 atom stereocenters. The zero-order valence-electron chi connectivity index (χ0n) is 8.72. The van der Waals surface area contributed by atoms with Crippen molar-refractivity contribution in [3.63, 3.8) is 0 Å². The lowest BCUT2D eigenvalue weighted by Gasteiger charge is -2.04. The molecule has 0 saturated carbocycles. The molecule has 1 aromatic carbocycles. The zero-order chi connectivity index (χ0) is 11.8. The molecule has 2 N–H and O–H groups in total. The van der Waals surface area contributed by atoms with Crippen LogP contribution in [0.5, 0.6) is 0 Å². The first-order valence-corrected chi connectivity index (χ1v) is 5.80. The average Bonchev–Trinajstić information content (AvgIpc) is 2.82. The summed E-state index contributed by atoms with van der Waals surface area (Å²) in [5.41, 5.74) is 7.20. The summed E-state index contributed by atoms with van der Waals surface area (Å²) in [7, 11) is 0. The van der Waals surface area contributed by atoms with Crippen LogP contribution in [0.3, 0.4) is 0 Å². The van der Waals surface area contributed by atoms with E-state index in [2.05, 4.69) is 25.9 Å². The van der Waals surface area contributed by atoms with E-state index >= 15 is 0 Å². The molecule has 0 aliphatic rings. The second kappa shape index (κ2) is 3.85. The van der Waals surface area contributed by atoms with Gasteiger partial charge >= 0.3 is 0 Å². The lowest BCUT2D eigenvalue weighted by molar-refractivity contribution is 0.581. The first-order valence-electron chi connectivity index (χ1n) is 5.01. The molecule has 3 rings (SSSR count). The molecule has 0 fully saturated rings. The topological polar surface area (TPSA) is 64.9 Å². The minimum absolute atomic E-state index is 0.242. The molecular weight excluding hydrogens is 282 g/mol. The van der Waals surface area contributed by atoms with E-state index in [4.69, 9.17) is 10.2 Å². The highest BCUT2D eigenvalue weighted by molar-refractivity contribution is 9.10. The van der Waals surface area contributed by atoms with E-state index in [1.54, 1.807) is 6.26 Å². The third kappa shape index (κ3) is 1.78. The number of hydrogen-bond acceptors (Lipinski definition) is 4. The highest BCUT2D eigenvalue weighted by Gasteiger charge is 2.10. The number of furan rings is 1. The average molecular weight is 290 g/mol. The van der Waals surface area contributed by atoms with Crippen LogP contribution < -0.4 is 5.73 Å². The Bertz CT molecular complexity index is 680. The van der Waals surface area contributed by atoms with Gasteiger partial charge in [-0.3, -0.25) is 0 Å². The molecule has 84 valence electrons. The fraction of sp³-hybridized carbons (Fsp3) is 0. The Morgan fingerprint density at radius 2 is 2.06 bits per heavy atom. The molecule has 0 spiro atoms. The molecule has 0 radical (unpaired) electrons. The second-order valence-electron chi connectivity index (χ2n) is 3.57. The number of nitrogens with zero attached hydrogens (tertiary/aromatic N) is 2. The van der Waals surface area contributed by atoms with Gasteiger partial charge in [0.2, 0.25) is 5.95 Å². The fourth-order valence-electron chi connectivity index (χ4n) is 1.72. The summed E-state index contributed by atoms with van der Waals surface area (Å²) in [6.45, 7) is 0. The van der Waals surface area contributed by atoms with Crippen molar-refractivity contribution in [2.75, 3.05) is 5.73 Å². The third-order valence-electron chi connectivity index (χ3n) is 2.43. The number of benzene rings is 1. The normalized spacial score (nSPS) is 10.9. The number of rotatable bonds is 1. The molecule has 0 unspecified atom stereocenters. The maximum absolute atomic E-state index is 5.69. The van der Waals surface area contributed by atoms with Gasteiger partial charge in [0.1, 0.15) is 5.69 Å². The van der Waals surface area contributed by atoms with Crippen LogP contribution in [0.2, 0.25) is 0 Å². The van der Waals surface area contributed by atoms with Crippen molar-refractivity contribution in [2.45, 2.75) is 0 Å². The third-order valence-corrected chi connectivity index (χ3v) is 2.92. The second-order valence-corrected chi connectivity index (χ2v) is 4.48. The van der Waals surface area contributed by atoms with Gasteiger partial charge in [-0.05, 0) is 30.3 Å². The van der Waals surface area contributed by atoms with E-state index in [1.807, 2.05) is 30.3 Å². The van der Waals surface area contributed by atoms with Crippen molar-refractivity contribution in [2.24, 2.45) is 0 Å². The highest BCUT2D eigenvalue weighted by atomic mass is 79.9. The van der Waals surface area contributed by atoms with Crippen molar-refractivity contribution in [3.05, 3.63) is 41.1 Å². The van der Waals surface area contributed by atoms with E-state index in [-0.39, 0.29) is 5.95 Å². The molecule has 0 saturated heterocycles. The van der Waals surface area contributed by atoms with Gasteiger partial charge in [0.25, 0.3) is 0 Å². The molecular formula is C12H8BrN3O. The molecule has 3 aromatic rings.